The van der Waals surface area contributed by atoms with Crippen LogP contribution < -0.4 is 10.6 Å². The summed E-state index contributed by atoms with van der Waals surface area (Å²) in [6, 6.07) is 4.63. The van der Waals surface area contributed by atoms with Crippen molar-refractivity contribution in [3.8, 4) is 0 Å². The molecule has 0 aromatic heterocycles. The second-order valence-corrected chi connectivity index (χ2v) is 7.46. The molecule has 0 spiro atoms. The Hall–Kier alpha value is -1.41. The average molecular weight is 415 g/mol. The monoisotopic (exact) mass is 414 g/mol. The van der Waals surface area contributed by atoms with Crippen molar-refractivity contribution in [2.24, 2.45) is 4.99 Å². The van der Waals surface area contributed by atoms with Crippen molar-refractivity contribution in [1.29, 1.82) is 0 Å². The van der Waals surface area contributed by atoms with Gasteiger partial charge in [0.05, 0.1) is 31.9 Å². The lowest BCUT2D eigenvalue weighted by molar-refractivity contribution is -0.0336. The molecule has 28 heavy (non-hydrogen) atoms. The van der Waals surface area contributed by atoms with Crippen LogP contribution in [0.25, 0.3) is 0 Å². The SMILES string of the molecule is CCNC(=NCC(c1c(F)cccc1Cl)N1CCOC(C)C1)NC(C)COC. The van der Waals surface area contributed by atoms with Crippen molar-refractivity contribution in [3.63, 3.8) is 0 Å². The van der Waals surface area contributed by atoms with E-state index in [4.69, 9.17) is 26.1 Å². The molecule has 1 aliphatic rings. The van der Waals surface area contributed by atoms with Gasteiger partial charge in [-0.15, -0.1) is 0 Å². The summed E-state index contributed by atoms with van der Waals surface area (Å²) in [5.74, 6) is 0.364. The number of nitrogens with one attached hydrogen (secondary N) is 2. The number of guanidine groups is 1. The molecule has 0 amide bonds. The van der Waals surface area contributed by atoms with Gasteiger partial charge in [0.1, 0.15) is 5.82 Å². The Morgan fingerprint density at radius 1 is 1.50 bits per heavy atom. The van der Waals surface area contributed by atoms with Crippen molar-refractivity contribution in [1.82, 2.24) is 15.5 Å². The highest BCUT2D eigenvalue weighted by molar-refractivity contribution is 6.31. The molecule has 0 aliphatic carbocycles. The molecule has 3 unspecified atom stereocenters. The van der Waals surface area contributed by atoms with Crippen LogP contribution in [0.15, 0.2) is 23.2 Å². The molecule has 3 atom stereocenters. The second kappa shape index (κ2) is 11.6. The number of methoxy groups -OCH3 is 1. The molecule has 1 fully saturated rings. The van der Waals surface area contributed by atoms with Gasteiger partial charge in [0, 0.05) is 43.4 Å². The summed E-state index contributed by atoms with van der Waals surface area (Å²) >= 11 is 6.39. The van der Waals surface area contributed by atoms with Crippen LogP contribution in [0.5, 0.6) is 0 Å². The van der Waals surface area contributed by atoms with E-state index in [0.29, 0.717) is 49.4 Å². The Labute approximate surface area is 172 Å². The molecule has 1 saturated heterocycles. The Morgan fingerprint density at radius 3 is 2.93 bits per heavy atom. The minimum atomic E-state index is -0.308. The first kappa shape index (κ1) is 22.9. The minimum Gasteiger partial charge on any atom is -0.383 e. The van der Waals surface area contributed by atoms with Gasteiger partial charge in [-0.3, -0.25) is 9.89 Å². The number of halogens is 2. The lowest BCUT2D eigenvalue weighted by Gasteiger charge is -2.37. The van der Waals surface area contributed by atoms with E-state index in [1.807, 2.05) is 20.8 Å². The number of ether oxygens (including phenoxy) is 2. The van der Waals surface area contributed by atoms with E-state index in [9.17, 15) is 4.39 Å². The zero-order valence-corrected chi connectivity index (χ0v) is 17.9. The normalized spacial score (nSPS) is 20.6. The molecule has 6 nitrogen and oxygen atoms in total. The van der Waals surface area contributed by atoms with Gasteiger partial charge in [-0.1, -0.05) is 17.7 Å². The molecule has 2 N–H and O–H groups in total. The number of hydrogen-bond acceptors (Lipinski definition) is 4. The molecule has 0 bridgehead atoms. The van der Waals surface area contributed by atoms with Gasteiger partial charge in [0.15, 0.2) is 5.96 Å². The molecule has 1 aromatic carbocycles. The van der Waals surface area contributed by atoms with E-state index in [-0.39, 0.29) is 24.0 Å². The molecule has 1 aliphatic heterocycles. The van der Waals surface area contributed by atoms with Gasteiger partial charge < -0.3 is 20.1 Å². The fourth-order valence-electron chi connectivity index (χ4n) is 3.37. The smallest absolute Gasteiger partial charge is 0.191 e. The quantitative estimate of drug-likeness (QED) is 0.506. The maximum atomic E-state index is 14.7. The van der Waals surface area contributed by atoms with Crippen LogP contribution in [0, 0.1) is 5.82 Å². The van der Waals surface area contributed by atoms with E-state index in [1.165, 1.54) is 6.07 Å². The van der Waals surface area contributed by atoms with Crippen molar-refractivity contribution >= 4 is 17.6 Å². The summed E-state index contributed by atoms with van der Waals surface area (Å²) < 4.78 is 25.5. The first-order chi connectivity index (χ1) is 13.5. The summed E-state index contributed by atoms with van der Waals surface area (Å²) in [6.45, 7) is 9.73. The average Bonchev–Trinajstić information content (AvgIpc) is 2.64. The van der Waals surface area contributed by atoms with Crippen molar-refractivity contribution in [3.05, 3.63) is 34.6 Å². The summed E-state index contributed by atoms with van der Waals surface area (Å²) in [4.78, 5) is 6.92. The molecule has 2 rings (SSSR count). The second-order valence-electron chi connectivity index (χ2n) is 7.05. The molecule has 0 saturated carbocycles. The van der Waals surface area contributed by atoms with Crippen molar-refractivity contribution in [2.75, 3.05) is 46.5 Å². The molecular formula is C20H32ClFN4O2. The Bertz CT molecular complexity index is 626. The zero-order valence-electron chi connectivity index (χ0n) is 17.2. The number of nitrogens with zero attached hydrogens (tertiary/aromatic N) is 2. The molecule has 8 heteroatoms. The maximum Gasteiger partial charge on any atom is 0.191 e. The van der Waals surface area contributed by atoms with E-state index in [1.54, 1.807) is 19.2 Å². The zero-order chi connectivity index (χ0) is 20.5. The van der Waals surface area contributed by atoms with Crippen LogP contribution in [0.3, 0.4) is 0 Å². The van der Waals surface area contributed by atoms with Crippen LogP contribution in [-0.2, 0) is 9.47 Å². The minimum absolute atomic E-state index is 0.0823. The molecule has 0 radical (unpaired) electrons. The Morgan fingerprint density at radius 2 is 2.29 bits per heavy atom. The predicted octanol–water partition coefficient (Wildman–Crippen LogP) is 2.83. The predicted molar refractivity (Wildman–Crippen MR) is 112 cm³/mol. The van der Waals surface area contributed by atoms with E-state index >= 15 is 0 Å². The number of rotatable bonds is 8. The Balaban J connectivity index is 2.27. The number of morpholine rings is 1. The highest BCUT2D eigenvalue weighted by Crippen LogP contribution is 2.31. The fourth-order valence-corrected chi connectivity index (χ4v) is 3.66. The van der Waals surface area contributed by atoms with Gasteiger partial charge >= 0.3 is 0 Å². The van der Waals surface area contributed by atoms with Crippen molar-refractivity contribution < 1.29 is 13.9 Å². The van der Waals surface area contributed by atoms with Gasteiger partial charge in [-0.25, -0.2) is 4.39 Å². The van der Waals surface area contributed by atoms with Crippen LogP contribution >= 0.6 is 11.6 Å². The summed E-state index contributed by atoms with van der Waals surface area (Å²) in [5, 5.41) is 6.96. The molecule has 1 heterocycles. The Kier molecular flexibility index (Phi) is 9.44. The largest absolute Gasteiger partial charge is 0.383 e. The molecule has 158 valence electrons. The van der Waals surface area contributed by atoms with Gasteiger partial charge in [0.25, 0.3) is 0 Å². The third kappa shape index (κ3) is 6.58. The topological polar surface area (TPSA) is 58.1 Å². The van der Waals surface area contributed by atoms with Crippen LogP contribution in [0.2, 0.25) is 5.02 Å². The lowest BCUT2D eigenvalue weighted by atomic mass is 10.0. The highest BCUT2D eigenvalue weighted by atomic mass is 35.5. The third-order valence-corrected chi connectivity index (χ3v) is 4.94. The summed E-state index contributed by atoms with van der Waals surface area (Å²) in [7, 11) is 1.66. The maximum absolute atomic E-state index is 14.7. The molecule has 1 aromatic rings. The van der Waals surface area contributed by atoms with Gasteiger partial charge in [0.2, 0.25) is 0 Å². The number of hydrogen-bond donors (Lipinski definition) is 2. The standard InChI is InChI=1S/C20H32ClFN4O2/c1-5-23-20(25-14(2)13-27-4)24-11-18(26-9-10-28-15(3)12-26)19-16(21)7-6-8-17(19)22/h6-8,14-15,18H,5,9-13H2,1-4H3,(H2,23,24,25). The van der Waals surface area contributed by atoms with Gasteiger partial charge in [-0.05, 0) is 32.9 Å². The highest BCUT2D eigenvalue weighted by Gasteiger charge is 2.29. The van der Waals surface area contributed by atoms with Crippen LogP contribution in [0.4, 0.5) is 4.39 Å². The van der Waals surface area contributed by atoms with E-state index in [2.05, 4.69) is 15.5 Å². The van der Waals surface area contributed by atoms with Crippen LogP contribution in [0.1, 0.15) is 32.4 Å². The molecular weight excluding hydrogens is 383 g/mol. The fraction of sp³-hybridized carbons (Fsp3) is 0.650. The van der Waals surface area contributed by atoms with E-state index in [0.717, 1.165) is 6.54 Å². The lowest BCUT2D eigenvalue weighted by Crippen LogP contribution is -2.46. The number of benzene rings is 1. The number of aliphatic imine (C=N–C) groups is 1. The summed E-state index contributed by atoms with van der Waals surface area (Å²) in [5.41, 5.74) is 0.489. The van der Waals surface area contributed by atoms with Crippen LogP contribution in [-0.4, -0.2) is 69.5 Å². The first-order valence-corrected chi connectivity index (χ1v) is 10.2. The van der Waals surface area contributed by atoms with E-state index < -0.39 is 0 Å². The third-order valence-electron chi connectivity index (χ3n) is 4.61. The first-order valence-electron chi connectivity index (χ1n) is 9.79. The van der Waals surface area contributed by atoms with Crippen molar-refractivity contribution in [2.45, 2.75) is 39.0 Å². The van der Waals surface area contributed by atoms with Gasteiger partial charge in [-0.2, -0.15) is 0 Å². The summed E-state index contributed by atoms with van der Waals surface area (Å²) in [6.07, 6.45) is 0.0823.